The van der Waals surface area contributed by atoms with Crippen molar-refractivity contribution in [3.8, 4) is 11.5 Å². The third-order valence-corrected chi connectivity index (χ3v) is 5.65. The maximum absolute atomic E-state index is 13.5. The molecule has 28 heavy (non-hydrogen) atoms. The Kier molecular flexibility index (Phi) is 3.64. The summed E-state index contributed by atoms with van der Waals surface area (Å²) in [5.41, 5.74) is 3.27. The number of carbonyl (C=O) groups excluding carboxylic acids is 1. The van der Waals surface area contributed by atoms with Crippen LogP contribution in [-0.4, -0.2) is 25.3 Å². The van der Waals surface area contributed by atoms with Crippen molar-refractivity contribution in [3.05, 3.63) is 71.2 Å². The molecule has 1 aliphatic heterocycles. The van der Waals surface area contributed by atoms with Gasteiger partial charge in [-0.2, -0.15) is 0 Å². The fourth-order valence-electron chi connectivity index (χ4n) is 3.83. The van der Waals surface area contributed by atoms with Crippen molar-refractivity contribution in [1.82, 2.24) is 19.4 Å². The van der Waals surface area contributed by atoms with Crippen molar-refractivity contribution >= 4 is 38.9 Å². The third kappa shape index (κ3) is 2.26. The molecule has 4 aromatic rings. The summed E-state index contributed by atoms with van der Waals surface area (Å²) in [7, 11) is 0. The zero-order valence-corrected chi connectivity index (χ0v) is 16.9. The van der Waals surface area contributed by atoms with E-state index in [9.17, 15) is 4.79 Å². The van der Waals surface area contributed by atoms with Crippen LogP contribution >= 0.6 is 15.9 Å². The van der Waals surface area contributed by atoms with Gasteiger partial charge in [-0.05, 0) is 50.2 Å². The first kappa shape index (κ1) is 17.1. The van der Waals surface area contributed by atoms with E-state index >= 15 is 0 Å². The molecule has 7 heteroatoms. The van der Waals surface area contributed by atoms with Crippen molar-refractivity contribution in [3.63, 3.8) is 0 Å². The molecule has 0 aliphatic carbocycles. The lowest BCUT2D eigenvalue weighted by atomic mass is 9.87. The molecule has 0 fully saturated rings. The molecular weight excluding hydrogens is 418 g/mol. The molecule has 0 saturated heterocycles. The van der Waals surface area contributed by atoms with Crippen molar-refractivity contribution in [2.75, 3.05) is 4.90 Å². The minimum atomic E-state index is -0.727. The highest BCUT2D eigenvalue weighted by atomic mass is 79.9. The zero-order valence-electron chi connectivity index (χ0n) is 15.3. The number of halogens is 1. The quantitative estimate of drug-likeness (QED) is 0.466. The van der Waals surface area contributed by atoms with Crippen LogP contribution in [0.15, 0.2) is 65.7 Å². The van der Waals surface area contributed by atoms with Crippen molar-refractivity contribution in [1.29, 1.82) is 0 Å². The van der Waals surface area contributed by atoms with Gasteiger partial charge in [-0.3, -0.25) is 14.1 Å². The van der Waals surface area contributed by atoms with Gasteiger partial charge >= 0.3 is 0 Å². The number of nitrogens with zero attached hydrogens (tertiary/aromatic N) is 5. The average molecular weight is 434 g/mol. The predicted octanol–water partition coefficient (Wildman–Crippen LogP) is 4.51. The Morgan fingerprint density at radius 2 is 1.64 bits per heavy atom. The van der Waals surface area contributed by atoms with Gasteiger partial charge in [0.15, 0.2) is 5.82 Å². The number of anilines is 2. The molecule has 6 nitrogen and oxygen atoms in total. The van der Waals surface area contributed by atoms with Crippen LogP contribution in [0.2, 0.25) is 0 Å². The second-order valence-electron chi connectivity index (χ2n) is 7.20. The zero-order chi connectivity index (χ0) is 19.5. The number of amides is 1. The standard InChI is InChI=1S/C21H16BrN5O/c1-21(2)15-16(27(20(21)28)14-7-5-13(22)6-8-14)17(18-23-9-3-10-24-18)26-12-4-11-25-19(15)26/h3-12H,1-2H3. The first-order valence-corrected chi connectivity index (χ1v) is 9.66. The molecule has 0 saturated carbocycles. The van der Waals surface area contributed by atoms with Crippen LogP contribution in [0.3, 0.4) is 0 Å². The van der Waals surface area contributed by atoms with Crippen molar-refractivity contribution < 1.29 is 4.79 Å². The molecule has 0 N–H and O–H groups in total. The number of fused-ring (bicyclic) bond motifs is 3. The monoisotopic (exact) mass is 433 g/mol. The highest BCUT2D eigenvalue weighted by Gasteiger charge is 2.49. The maximum Gasteiger partial charge on any atom is 0.241 e. The summed E-state index contributed by atoms with van der Waals surface area (Å²) in [5.74, 6) is 0.560. The topological polar surface area (TPSA) is 63.4 Å². The van der Waals surface area contributed by atoms with Gasteiger partial charge in [-0.1, -0.05) is 15.9 Å². The van der Waals surface area contributed by atoms with Crippen LogP contribution in [0.25, 0.3) is 17.2 Å². The van der Waals surface area contributed by atoms with Gasteiger partial charge < -0.3 is 0 Å². The third-order valence-electron chi connectivity index (χ3n) is 5.12. The van der Waals surface area contributed by atoms with Gasteiger partial charge in [-0.15, -0.1) is 0 Å². The van der Waals surface area contributed by atoms with E-state index in [1.54, 1.807) is 29.6 Å². The molecule has 1 aromatic carbocycles. The fourth-order valence-corrected chi connectivity index (χ4v) is 4.09. The first-order chi connectivity index (χ1) is 13.5. The highest BCUT2D eigenvalue weighted by Crippen LogP contribution is 2.52. The summed E-state index contributed by atoms with van der Waals surface area (Å²) in [6, 6.07) is 11.4. The predicted molar refractivity (Wildman–Crippen MR) is 111 cm³/mol. The lowest BCUT2D eigenvalue weighted by Crippen LogP contribution is -2.34. The number of hydrogen-bond donors (Lipinski definition) is 0. The van der Waals surface area contributed by atoms with Crippen LogP contribution in [0, 0.1) is 0 Å². The second kappa shape index (κ2) is 5.97. The molecule has 4 heterocycles. The lowest BCUT2D eigenvalue weighted by molar-refractivity contribution is -0.121. The van der Waals surface area contributed by atoms with E-state index < -0.39 is 5.41 Å². The Hall–Kier alpha value is -3.06. The van der Waals surface area contributed by atoms with Gasteiger partial charge in [0, 0.05) is 40.5 Å². The molecule has 3 aromatic heterocycles. The maximum atomic E-state index is 13.5. The van der Waals surface area contributed by atoms with Crippen LogP contribution in [0.4, 0.5) is 11.4 Å². The van der Waals surface area contributed by atoms with Crippen LogP contribution < -0.4 is 4.90 Å². The number of aromatic nitrogens is 4. The summed E-state index contributed by atoms with van der Waals surface area (Å²) in [6.07, 6.45) is 7.09. The smallest absolute Gasteiger partial charge is 0.241 e. The van der Waals surface area contributed by atoms with E-state index in [1.807, 2.05) is 54.8 Å². The van der Waals surface area contributed by atoms with E-state index in [0.29, 0.717) is 5.82 Å². The van der Waals surface area contributed by atoms with E-state index in [0.717, 1.165) is 32.8 Å². The molecule has 0 radical (unpaired) electrons. The summed E-state index contributed by atoms with van der Waals surface area (Å²) in [6.45, 7) is 3.88. The van der Waals surface area contributed by atoms with E-state index in [-0.39, 0.29) is 5.91 Å². The van der Waals surface area contributed by atoms with Crippen LogP contribution in [0.5, 0.6) is 0 Å². The Morgan fingerprint density at radius 1 is 0.964 bits per heavy atom. The van der Waals surface area contributed by atoms with Gasteiger partial charge in [0.25, 0.3) is 0 Å². The molecule has 138 valence electrons. The lowest BCUT2D eigenvalue weighted by Gasteiger charge is -2.22. The van der Waals surface area contributed by atoms with Gasteiger partial charge in [-0.25, -0.2) is 15.0 Å². The van der Waals surface area contributed by atoms with Crippen LogP contribution in [0.1, 0.15) is 19.4 Å². The van der Waals surface area contributed by atoms with Gasteiger partial charge in [0.1, 0.15) is 11.3 Å². The minimum Gasteiger partial charge on any atom is -0.296 e. The highest BCUT2D eigenvalue weighted by molar-refractivity contribution is 9.10. The number of rotatable bonds is 2. The molecule has 0 atom stereocenters. The fraction of sp³-hybridized carbons (Fsp3) is 0.143. The Balaban J connectivity index is 1.90. The number of carbonyl (C=O) groups is 1. The summed E-state index contributed by atoms with van der Waals surface area (Å²) in [5, 5.41) is 0. The van der Waals surface area contributed by atoms with Crippen molar-refractivity contribution in [2.24, 2.45) is 0 Å². The van der Waals surface area contributed by atoms with Gasteiger partial charge in [0.05, 0.1) is 11.1 Å². The van der Waals surface area contributed by atoms with Crippen LogP contribution in [-0.2, 0) is 10.2 Å². The summed E-state index contributed by atoms with van der Waals surface area (Å²) >= 11 is 3.47. The second-order valence-corrected chi connectivity index (χ2v) is 8.12. The largest absolute Gasteiger partial charge is 0.296 e. The molecule has 1 aliphatic rings. The summed E-state index contributed by atoms with van der Waals surface area (Å²) < 4.78 is 2.93. The van der Waals surface area contributed by atoms with Crippen molar-refractivity contribution in [2.45, 2.75) is 19.3 Å². The Labute approximate surface area is 170 Å². The summed E-state index contributed by atoms with van der Waals surface area (Å²) in [4.78, 5) is 28.8. The normalized spacial score (nSPS) is 15.2. The first-order valence-electron chi connectivity index (χ1n) is 8.87. The molecule has 0 spiro atoms. The van der Waals surface area contributed by atoms with E-state index in [2.05, 4.69) is 30.9 Å². The molecule has 1 amide bonds. The minimum absolute atomic E-state index is 0.00477. The molecule has 0 unspecified atom stereocenters. The molecular formula is C21H16BrN5O. The Morgan fingerprint density at radius 3 is 2.36 bits per heavy atom. The Bertz CT molecular complexity index is 1220. The SMILES string of the molecule is CC1(C)C(=O)N(c2ccc(Br)cc2)c2c1c1ncccn1c2-c1ncccn1. The van der Waals surface area contributed by atoms with Gasteiger partial charge in [0.2, 0.25) is 5.91 Å². The van der Waals surface area contributed by atoms with E-state index in [4.69, 9.17) is 0 Å². The number of benzene rings is 1. The van der Waals surface area contributed by atoms with E-state index in [1.165, 1.54) is 0 Å². The number of hydrogen-bond acceptors (Lipinski definition) is 4. The molecule has 5 rings (SSSR count). The average Bonchev–Trinajstić information content (AvgIpc) is 3.14. The molecule has 0 bridgehead atoms.